The Morgan fingerprint density at radius 1 is 1.43 bits per heavy atom. The Hall–Kier alpha value is -1.11. The van der Waals surface area contributed by atoms with Crippen molar-refractivity contribution in [2.24, 2.45) is 5.92 Å². The molecule has 7 heteroatoms. The van der Waals surface area contributed by atoms with Gasteiger partial charge in [-0.1, -0.05) is 18.9 Å². The number of ether oxygens (including phenoxy) is 1. The summed E-state index contributed by atoms with van der Waals surface area (Å²) < 4.78 is 28.1. The second kappa shape index (κ2) is 6.77. The van der Waals surface area contributed by atoms with Crippen molar-refractivity contribution < 1.29 is 17.9 Å². The molecule has 5 nitrogen and oxygen atoms in total. The summed E-state index contributed by atoms with van der Waals surface area (Å²) in [6.07, 6.45) is 3.43. The summed E-state index contributed by atoms with van der Waals surface area (Å²) in [7, 11) is 2.95. The molecule has 0 saturated heterocycles. The second-order valence-electron chi connectivity index (χ2n) is 5.18. The van der Waals surface area contributed by atoms with Crippen LogP contribution in [-0.2, 0) is 20.4 Å². The first-order chi connectivity index (χ1) is 9.91. The molecule has 1 aromatic carbocycles. The van der Waals surface area contributed by atoms with Gasteiger partial charge in [0.05, 0.1) is 11.5 Å². The Morgan fingerprint density at radius 3 is 2.71 bits per heavy atom. The number of halogens is 1. The predicted molar refractivity (Wildman–Crippen MR) is 79.9 cm³/mol. The number of hydrogen-bond donors (Lipinski definition) is 1. The number of rotatable bonds is 7. The molecule has 1 amide bonds. The third-order valence-electron chi connectivity index (χ3n) is 3.43. The molecule has 2 rings (SSSR count). The molecule has 1 fully saturated rings. The van der Waals surface area contributed by atoms with Gasteiger partial charge >= 0.3 is 0 Å². The van der Waals surface area contributed by atoms with Gasteiger partial charge in [0.1, 0.15) is 0 Å². The average Bonchev–Trinajstić information content (AvgIpc) is 3.22. The van der Waals surface area contributed by atoms with Gasteiger partial charge in [0.15, 0.2) is 0 Å². The molecule has 1 aromatic rings. The molecule has 21 heavy (non-hydrogen) atoms. The van der Waals surface area contributed by atoms with Gasteiger partial charge in [0, 0.05) is 29.9 Å². The lowest BCUT2D eigenvalue weighted by molar-refractivity contribution is 0.0952. The smallest absolute Gasteiger partial charge is 0.261 e. The molecule has 116 valence electrons. The van der Waals surface area contributed by atoms with Crippen LogP contribution in [0.25, 0.3) is 0 Å². The zero-order valence-corrected chi connectivity index (χ0v) is 13.3. The van der Waals surface area contributed by atoms with Crippen LogP contribution in [0.4, 0.5) is 0 Å². The van der Waals surface area contributed by atoms with E-state index in [2.05, 4.69) is 5.32 Å². The standard InChI is InChI=1S/C14H18ClNO4S/c1-20-9-12-5-4-11(8-13(12)21(15,18)19)14(17)16-7-6-10-2-3-10/h4-5,8,10H,2-3,6-7,9H2,1H3,(H,16,17). The molecule has 1 saturated carbocycles. The first-order valence-electron chi connectivity index (χ1n) is 6.76. The van der Waals surface area contributed by atoms with Crippen molar-refractivity contribution >= 4 is 25.6 Å². The fraction of sp³-hybridized carbons (Fsp3) is 0.500. The van der Waals surface area contributed by atoms with Crippen molar-refractivity contribution in [1.29, 1.82) is 0 Å². The van der Waals surface area contributed by atoms with E-state index >= 15 is 0 Å². The van der Waals surface area contributed by atoms with Crippen LogP contribution in [0, 0.1) is 5.92 Å². The Kier molecular flexibility index (Phi) is 5.24. The molecule has 0 heterocycles. The minimum atomic E-state index is -3.92. The van der Waals surface area contributed by atoms with Crippen molar-refractivity contribution in [2.75, 3.05) is 13.7 Å². The summed E-state index contributed by atoms with van der Waals surface area (Å²) in [4.78, 5) is 11.9. The van der Waals surface area contributed by atoms with Gasteiger partial charge in [-0.15, -0.1) is 0 Å². The van der Waals surface area contributed by atoms with Gasteiger partial charge in [-0.25, -0.2) is 8.42 Å². The van der Waals surface area contributed by atoms with Crippen molar-refractivity contribution in [3.8, 4) is 0 Å². The largest absolute Gasteiger partial charge is 0.380 e. The molecule has 0 bridgehead atoms. The number of amides is 1. The van der Waals surface area contributed by atoms with Crippen LogP contribution in [0.2, 0.25) is 0 Å². The quantitative estimate of drug-likeness (QED) is 0.778. The van der Waals surface area contributed by atoms with Crippen molar-refractivity contribution in [3.05, 3.63) is 29.3 Å². The third-order valence-corrected chi connectivity index (χ3v) is 4.83. The fourth-order valence-electron chi connectivity index (χ4n) is 2.10. The number of methoxy groups -OCH3 is 1. The highest BCUT2D eigenvalue weighted by atomic mass is 35.7. The highest BCUT2D eigenvalue weighted by Gasteiger charge is 2.21. The average molecular weight is 332 g/mol. The number of carbonyl (C=O) groups excluding carboxylic acids is 1. The van der Waals surface area contributed by atoms with Crippen molar-refractivity contribution in [1.82, 2.24) is 5.32 Å². The summed E-state index contributed by atoms with van der Waals surface area (Å²) >= 11 is 0. The molecule has 0 atom stereocenters. The minimum Gasteiger partial charge on any atom is -0.380 e. The molecule has 0 radical (unpaired) electrons. The Bertz CT molecular complexity index is 626. The first kappa shape index (κ1) is 16.3. The van der Waals surface area contributed by atoms with Crippen LogP contribution < -0.4 is 5.32 Å². The molecular formula is C14H18ClNO4S. The molecular weight excluding hydrogens is 314 g/mol. The lowest BCUT2D eigenvalue weighted by Crippen LogP contribution is -2.25. The number of carbonyl (C=O) groups is 1. The Labute approximate surface area is 129 Å². The van der Waals surface area contributed by atoms with E-state index in [0.717, 1.165) is 12.3 Å². The first-order valence-corrected chi connectivity index (χ1v) is 9.07. The van der Waals surface area contributed by atoms with Crippen LogP contribution in [0.1, 0.15) is 35.2 Å². The third kappa shape index (κ3) is 4.69. The van der Waals surface area contributed by atoms with Crippen LogP contribution in [0.5, 0.6) is 0 Å². The van der Waals surface area contributed by atoms with E-state index < -0.39 is 9.05 Å². The van der Waals surface area contributed by atoms with Gasteiger partial charge in [-0.05, 0) is 30.0 Å². The second-order valence-corrected chi connectivity index (χ2v) is 7.72. The molecule has 0 aliphatic heterocycles. The number of nitrogens with one attached hydrogen (secondary N) is 1. The maximum absolute atomic E-state index is 12.0. The van der Waals surface area contributed by atoms with Crippen LogP contribution >= 0.6 is 10.7 Å². The molecule has 1 aliphatic carbocycles. The summed E-state index contributed by atoms with van der Waals surface area (Å²) in [5, 5.41) is 2.79. The van der Waals surface area contributed by atoms with Gasteiger partial charge in [-0.2, -0.15) is 0 Å². The van der Waals surface area contributed by atoms with Gasteiger partial charge < -0.3 is 10.1 Å². The highest BCUT2D eigenvalue weighted by Crippen LogP contribution is 2.31. The van der Waals surface area contributed by atoms with Gasteiger partial charge in [-0.3, -0.25) is 4.79 Å². The summed E-state index contributed by atoms with van der Waals surface area (Å²) in [5.74, 6) is 0.439. The molecule has 1 N–H and O–H groups in total. The van der Waals surface area contributed by atoms with Crippen LogP contribution in [0.15, 0.2) is 23.1 Å². The van der Waals surface area contributed by atoms with E-state index in [9.17, 15) is 13.2 Å². The lowest BCUT2D eigenvalue weighted by atomic mass is 10.1. The molecule has 0 unspecified atom stereocenters. The summed E-state index contributed by atoms with van der Waals surface area (Å²) in [6.45, 7) is 0.719. The normalized spacial score (nSPS) is 15.0. The SMILES string of the molecule is COCc1ccc(C(=O)NCCC2CC2)cc1S(=O)(=O)Cl. The van der Waals surface area contributed by atoms with E-state index in [1.807, 2.05) is 0 Å². The van der Waals surface area contributed by atoms with E-state index in [-0.39, 0.29) is 23.0 Å². The maximum atomic E-state index is 12.0. The highest BCUT2D eigenvalue weighted by molar-refractivity contribution is 8.13. The predicted octanol–water partition coefficient (Wildman–Crippen LogP) is 2.29. The van der Waals surface area contributed by atoms with Crippen molar-refractivity contribution in [3.63, 3.8) is 0 Å². The van der Waals surface area contributed by atoms with Crippen LogP contribution in [0.3, 0.4) is 0 Å². The van der Waals surface area contributed by atoms with Crippen molar-refractivity contribution in [2.45, 2.75) is 30.8 Å². The monoisotopic (exact) mass is 331 g/mol. The zero-order chi connectivity index (χ0) is 15.5. The van der Waals surface area contributed by atoms with E-state index in [1.54, 1.807) is 12.1 Å². The van der Waals surface area contributed by atoms with Gasteiger partial charge in [0.2, 0.25) is 0 Å². The minimum absolute atomic E-state index is 0.0825. The summed E-state index contributed by atoms with van der Waals surface area (Å²) in [6, 6.07) is 4.42. The topological polar surface area (TPSA) is 72.5 Å². The van der Waals surface area contributed by atoms with E-state index in [1.165, 1.54) is 26.0 Å². The Balaban J connectivity index is 2.13. The van der Waals surface area contributed by atoms with E-state index in [4.69, 9.17) is 15.4 Å². The molecule has 0 spiro atoms. The van der Waals surface area contributed by atoms with Crippen LogP contribution in [-0.4, -0.2) is 28.0 Å². The lowest BCUT2D eigenvalue weighted by Gasteiger charge is -2.09. The number of benzene rings is 1. The van der Waals surface area contributed by atoms with Gasteiger partial charge in [0.25, 0.3) is 15.0 Å². The fourth-order valence-corrected chi connectivity index (χ4v) is 3.23. The maximum Gasteiger partial charge on any atom is 0.261 e. The summed E-state index contributed by atoms with van der Waals surface area (Å²) in [5.41, 5.74) is 0.715. The molecule has 0 aromatic heterocycles. The number of hydrogen-bond acceptors (Lipinski definition) is 4. The zero-order valence-electron chi connectivity index (χ0n) is 11.8. The Morgan fingerprint density at radius 2 is 2.14 bits per heavy atom. The molecule has 1 aliphatic rings. The van der Waals surface area contributed by atoms with E-state index in [0.29, 0.717) is 12.1 Å².